The molecule has 3 rings (SSSR count). The van der Waals surface area contributed by atoms with Crippen molar-refractivity contribution >= 4 is 11.0 Å². The summed E-state index contributed by atoms with van der Waals surface area (Å²) in [4.78, 5) is 4.93. The minimum Gasteiger partial charge on any atom is -0.353 e. The minimum absolute atomic E-state index is 0.282. The Hall–Kier alpha value is -1.43. The van der Waals surface area contributed by atoms with E-state index in [1.807, 2.05) is 6.07 Å². The number of nitrogens with two attached hydrogens (primary N) is 1. The van der Waals surface area contributed by atoms with E-state index in [1.54, 1.807) is 14.2 Å². The molecule has 5 heteroatoms. The second kappa shape index (κ2) is 7.21. The van der Waals surface area contributed by atoms with Gasteiger partial charge in [-0.05, 0) is 37.8 Å². The van der Waals surface area contributed by atoms with Gasteiger partial charge in [0.1, 0.15) is 5.82 Å². The lowest BCUT2D eigenvalue weighted by atomic mass is 9.77. The SMILES string of the molecule is CCn1c(C(CN)C2CCC(OC)(OC)CC2)nc2ccccc21. The first-order valence-electron chi connectivity index (χ1n) is 8.93. The van der Waals surface area contributed by atoms with Crippen molar-refractivity contribution in [2.45, 2.75) is 50.9 Å². The molecule has 2 aromatic rings. The van der Waals surface area contributed by atoms with E-state index in [0.717, 1.165) is 43.6 Å². The van der Waals surface area contributed by atoms with Gasteiger partial charge in [0.05, 0.1) is 11.0 Å². The quantitative estimate of drug-likeness (QED) is 0.825. The van der Waals surface area contributed by atoms with Crippen LogP contribution in [0.3, 0.4) is 0 Å². The Morgan fingerprint density at radius 1 is 1.25 bits per heavy atom. The van der Waals surface area contributed by atoms with Crippen molar-refractivity contribution in [3.8, 4) is 0 Å². The van der Waals surface area contributed by atoms with Gasteiger partial charge in [-0.15, -0.1) is 0 Å². The fourth-order valence-electron chi connectivity index (χ4n) is 4.19. The third kappa shape index (κ3) is 2.96. The number of rotatable bonds is 6. The van der Waals surface area contributed by atoms with Crippen LogP contribution in [-0.4, -0.2) is 36.1 Å². The Balaban J connectivity index is 1.88. The van der Waals surface area contributed by atoms with Crippen LogP contribution in [0.2, 0.25) is 0 Å². The highest BCUT2D eigenvalue weighted by Gasteiger charge is 2.39. The molecule has 1 unspecified atom stereocenters. The summed E-state index contributed by atoms with van der Waals surface area (Å²) in [5.74, 6) is 1.52. The topological polar surface area (TPSA) is 62.3 Å². The number of benzene rings is 1. The summed E-state index contributed by atoms with van der Waals surface area (Å²) in [6.45, 7) is 3.72. The number of ether oxygens (including phenoxy) is 2. The smallest absolute Gasteiger partial charge is 0.167 e. The monoisotopic (exact) mass is 331 g/mol. The zero-order chi connectivity index (χ0) is 17.2. The average molecular weight is 331 g/mol. The van der Waals surface area contributed by atoms with Gasteiger partial charge in [0, 0.05) is 46.1 Å². The maximum Gasteiger partial charge on any atom is 0.167 e. The summed E-state index contributed by atoms with van der Waals surface area (Å²) < 4.78 is 13.5. The zero-order valence-electron chi connectivity index (χ0n) is 15.0. The molecule has 1 aromatic carbocycles. The number of aryl methyl sites for hydroxylation is 1. The molecule has 0 saturated heterocycles. The van der Waals surface area contributed by atoms with Crippen molar-refractivity contribution in [2.24, 2.45) is 11.7 Å². The number of fused-ring (bicyclic) bond motifs is 1. The number of aromatic nitrogens is 2. The Morgan fingerprint density at radius 2 is 1.92 bits per heavy atom. The number of hydrogen-bond donors (Lipinski definition) is 1. The van der Waals surface area contributed by atoms with Crippen LogP contribution in [0, 0.1) is 5.92 Å². The maximum atomic E-state index is 6.20. The van der Waals surface area contributed by atoms with Gasteiger partial charge in [0.25, 0.3) is 0 Å². The molecule has 0 bridgehead atoms. The van der Waals surface area contributed by atoms with Crippen molar-refractivity contribution in [2.75, 3.05) is 20.8 Å². The van der Waals surface area contributed by atoms with Crippen LogP contribution >= 0.6 is 0 Å². The summed E-state index contributed by atoms with van der Waals surface area (Å²) in [5, 5.41) is 0. The predicted molar refractivity (Wildman–Crippen MR) is 95.9 cm³/mol. The van der Waals surface area contributed by atoms with Crippen molar-refractivity contribution in [1.29, 1.82) is 0 Å². The molecule has 2 N–H and O–H groups in total. The third-order valence-corrected chi connectivity index (χ3v) is 5.69. The van der Waals surface area contributed by atoms with Crippen LogP contribution in [0.15, 0.2) is 24.3 Å². The van der Waals surface area contributed by atoms with Crippen LogP contribution in [0.5, 0.6) is 0 Å². The van der Waals surface area contributed by atoms with E-state index in [4.69, 9.17) is 20.2 Å². The van der Waals surface area contributed by atoms with Crippen molar-refractivity contribution < 1.29 is 9.47 Å². The molecule has 0 aliphatic heterocycles. The molecule has 24 heavy (non-hydrogen) atoms. The average Bonchev–Trinajstić information content (AvgIpc) is 3.01. The van der Waals surface area contributed by atoms with Gasteiger partial charge >= 0.3 is 0 Å². The molecule has 1 aliphatic carbocycles. The van der Waals surface area contributed by atoms with Crippen LogP contribution in [0.1, 0.15) is 44.3 Å². The highest BCUT2D eigenvalue weighted by molar-refractivity contribution is 5.76. The van der Waals surface area contributed by atoms with E-state index in [9.17, 15) is 0 Å². The second-order valence-corrected chi connectivity index (χ2v) is 6.70. The van der Waals surface area contributed by atoms with E-state index in [-0.39, 0.29) is 5.92 Å². The second-order valence-electron chi connectivity index (χ2n) is 6.70. The molecule has 1 aromatic heterocycles. The fraction of sp³-hybridized carbons (Fsp3) is 0.632. The molecule has 1 aliphatic rings. The summed E-state index contributed by atoms with van der Waals surface area (Å²) in [6.07, 6.45) is 3.92. The summed E-state index contributed by atoms with van der Waals surface area (Å²) in [6, 6.07) is 8.34. The minimum atomic E-state index is -0.416. The normalized spacial score (nSPS) is 19.7. The van der Waals surface area contributed by atoms with Gasteiger partial charge in [-0.2, -0.15) is 0 Å². The molecule has 5 nitrogen and oxygen atoms in total. The number of imidazole rings is 1. The number of nitrogens with zero attached hydrogens (tertiary/aromatic N) is 2. The van der Waals surface area contributed by atoms with Gasteiger partial charge in [-0.25, -0.2) is 4.98 Å². The van der Waals surface area contributed by atoms with Crippen LogP contribution in [0.4, 0.5) is 0 Å². The summed E-state index contributed by atoms with van der Waals surface area (Å²) in [5.41, 5.74) is 8.46. The molecular weight excluding hydrogens is 302 g/mol. The Morgan fingerprint density at radius 3 is 2.50 bits per heavy atom. The van der Waals surface area contributed by atoms with Crippen molar-refractivity contribution in [1.82, 2.24) is 9.55 Å². The highest BCUT2D eigenvalue weighted by Crippen LogP contribution is 2.41. The first kappa shape index (κ1) is 17.4. The molecule has 0 amide bonds. The number of methoxy groups -OCH3 is 2. The Kier molecular flexibility index (Phi) is 5.23. The van der Waals surface area contributed by atoms with E-state index in [2.05, 4.69) is 29.7 Å². The van der Waals surface area contributed by atoms with Crippen molar-refractivity contribution in [3.05, 3.63) is 30.1 Å². The van der Waals surface area contributed by atoms with Gasteiger partial charge < -0.3 is 19.8 Å². The molecule has 1 atom stereocenters. The molecule has 1 heterocycles. The van der Waals surface area contributed by atoms with Gasteiger partial charge in [-0.3, -0.25) is 0 Å². The van der Waals surface area contributed by atoms with E-state index < -0.39 is 5.79 Å². The van der Waals surface area contributed by atoms with Crippen molar-refractivity contribution in [3.63, 3.8) is 0 Å². The van der Waals surface area contributed by atoms with Crippen LogP contribution < -0.4 is 5.73 Å². The first-order valence-corrected chi connectivity index (χ1v) is 8.93. The number of para-hydroxylation sites is 2. The Bertz CT molecular complexity index is 668. The lowest BCUT2D eigenvalue weighted by molar-refractivity contribution is -0.228. The fourth-order valence-corrected chi connectivity index (χ4v) is 4.19. The Labute approximate surface area is 144 Å². The van der Waals surface area contributed by atoms with Gasteiger partial charge in [0.15, 0.2) is 5.79 Å². The molecule has 1 fully saturated rings. The van der Waals surface area contributed by atoms with Gasteiger partial charge in [0.2, 0.25) is 0 Å². The first-order chi connectivity index (χ1) is 11.7. The van der Waals surface area contributed by atoms with E-state index >= 15 is 0 Å². The zero-order valence-corrected chi connectivity index (χ0v) is 15.0. The molecule has 1 saturated carbocycles. The van der Waals surface area contributed by atoms with E-state index in [0.29, 0.717) is 12.5 Å². The molecule has 0 spiro atoms. The number of hydrogen-bond acceptors (Lipinski definition) is 4. The lowest BCUT2D eigenvalue weighted by Gasteiger charge is -2.40. The molecular formula is C19H29N3O2. The third-order valence-electron chi connectivity index (χ3n) is 5.69. The van der Waals surface area contributed by atoms with Crippen LogP contribution in [-0.2, 0) is 16.0 Å². The maximum absolute atomic E-state index is 6.20. The molecule has 132 valence electrons. The van der Waals surface area contributed by atoms with Gasteiger partial charge in [-0.1, -0.05) is 12.1 Å². The largest absolute Gasteiger partial charge is 0.353 e. The van der Waals surface area contributed by atoms with Crippen LogP contribution in [0.25, 0.3) is 11.0 Å². The lowest BCUT2D eigenvalue weighted by Crippen LogP contribution is -2.40. The highest BCUT2D eigenvalue weighted by atomic mass is 16.7. The standard InChI is InChI=1S/C19H29N3O2/c1-4-22-17-8-6-5-7-16(17)21-18(22)15(13-20)14-9-11-19(23-2,24-3)12-10-14/h5-8,14-15H,4,9-13,20H2,1-3H3. The summed E-state index contributed by atoms with van der Waals surface area (Å²) >= 11 is 0. The summed E-state index contributed by atoms with van der Waals surface area (Å²) in [7, 11) is 3.47. The predicted octanol–water partition coefficient (Wildman–Crippen LogP) is 3.28. The molecule has 0 radical (unpaired) electrons. The van der Waals surface area contributed by atoms with E-state index in [1.165, 1.54) is 5.52 Å².